The van der Waals surface area contributed by atoms with Crippen molar-refractivity contribution in [1.82, 2.24) is 24.6 Å². The highest BCUT2D eigenvalue weighted by molar-refractivity contribution is 7.11. The summed E-state index contributed by atoms with van der Waals surface area (Å²) in [5.74, 6) is -5.26. The summed E-state index contributed by atoms with van der Waals surface area (Å²) in [7, 11) is 1.24. The lowest BCUT2D eigenvalue weighted by atomic mass is 10.0. The van der Waals surface area contributed by atoms with Crippen molar-refractivity contribution in [2.24, 2.45) is 0 Å². The molecular formula is C26H24F3N5O3S. The van der Waals surface area contributed by atoms with Crippen LogP contribution in [0.1, 0.15) is 37.1 Å². The Balaban J connectivity index is 1.55. The van der Waals surface area contributed by atoms with Gasteiger partial charge in [-0.2, -0.15) is 0 Å². The van der Waals surface area contributed by atoms with Crippen molar-refractivity contribution in [3.63, 3.8) is 0 Å². The summed E-state index contributed by atoms with van der Waals surface area (Å²) >= 11 is 1.27. The number of rotatable bonds is 5. The molecule has 0 unspecified atom stereocenters. The Morgan fingerprint density at radius 3 is 2.68 bits per heavy atom. The third kappa shape index (κ3) is 4.65. The van der Waals surface area contributed by atoms with Crippen LogP contribution in [0.5, 0.6) is 0 Å². The Kier molecular flexibility index (Phi) is 6.93. The molecule has 1 atom stereocenters. The molecule has 3 aromatic heterocycles. The van der Waals surface area contributed by atoms with Gasteiger partial charge in [0.1, 0.15) is 11.5 Å². The van der Waals surface area contributed by atoms with E-state index in [0.29, 0.717) is 29.0 Å². The van der Waals surface area contributed by atoms with Crippen molar-refractivity contribution in [3.05, 3.63) is 74.8 Å². The summed E-state index contributed by atoms with van der Waals surface area (Å²) in [6, 6.07) is 4.21. The second-order valence-electron chi connectivity index (χ2n) is 9.07. The number of halogens is 3. The maximum Gasteiger partial charge on any atom is 0.283 e. The molecule has 2 amide bonds. The Bertz CT molecular complexity index is 1570. The Labute approximate surface area is 220 Å². The van der Waals surface area contributed by atoms with E-state index in [1.807, 2.05) is 19.9 Å². The predicted molar refractivity (Wildman–Crippen MR) is 135 cm³/mol. The van der Waals surface area contributed by atoms with Gasteiger partial charge < -0.3 is 19.4 Å². The first kappa shape index (κ1) is 25.9. The number of morpholine rings is 1. The summed E-state index contributed by atoms with van der Waals surface area (Å²) in [5, 5.41) is 4.35. The van der Waals surface area contributed by atoms with Crippen molar-refractivity contribution in [2.45, 2.75) is 26.4 Å². The maximum absolute atomic E-state index is 15.3. The van der Waals surface area contributed by atoms with Crippen LogP contribution in [0, 0.1) is 31.3 Å². The van der Waals surface area contributed by atoms with E-state index in [9.17, 15) is 14.0 Å². The minimum absolute atomic E-state index is 0.101. The molecule has 0 radical (unpaired) electrons. The Morgan fingerprint density at radius 1 is 1.18 bits per heavy atom. The molecule has 1 N–H and O–H groups in total. The third-order valence-corrected chi connectivity index (χ3v) is 7.34. The Hall–Kier alpha value is -3.77. The molecule has 0 spiro atoms. The highest BCUT2D eigenvalue weighted by atomic mass is 32.1. The van der Waals surface area contributed by atoms with E-state index in [-0.39, 0.29) is 31.2 Å². The van der Waals surface area contributed by atoms with Crippen molar-refractivity contribution in [3.8, 4) is 11.3 Å². The predicted octanol–water partition coefficient (Wildman–Crippen LogP) is 3.94. The van der Waals surface area contributed by atoms with Crippen molar-refractivity contribution < 1.29 is 27.5 Å². The summed E-state index contributed by atoms with van der Waals surface area (Å²) in [6.07, 6.45) is 1.33. The fourth-order valence-electron chi connectivity index (χ4n) is 4.53. The molecule has 5 rings (SSSR count). The lowest BCUT2D eigenvalue weighted by Gasteiger charge is -2.32. The van der Waals surface area contributed by atoms with Crippen LogP contribution in [0.4, 0.5) is 13.2 Å². The number of nitrogens with zero attached hydrogens (tertiary/aromatic N) is 4. The number of aryl methyl sites for hydroxylation is 2. The van der Waals surface area contributed by atoms with Crippen molar-refractivity contribution >= 4 is 28.8 Å². The number of fused-ring (bicyclic) bond motifs is 1. The number of nitrogens with one attached hydrogen (secondary N) is 1. The summed E-state index contributed by atoms with van der Waals surface area (Å²) in [5.41, 5.74) is 0.902. The highest BCUT2D eigenvalue weighted by Crippen LogP contribution is 2.33. The maximum atomic E-state index is 15.3. The zero-order valence-electron chi connectivity index (χ0n) is 20.8. The first-order chi connectivity index (χ1) is 18.2. The van der Waals surface area contributed by atoms with Gasteiger partial charge in [0.15, 0.2) is 16.6 Å². The number of aromatic nitrogens is 3. The second kappa shape index (κ2) is 10.2. The van der Waals surface area contributed by atoms with Gasteiger partial charge in [0.2, 0.25) is 0 Å². The van der Waals surface area contributed by atoms with Crippen molar-refractivity contribution in [2.75, 3.05) is 26.7 Å². The van der Waals surface area contributed by atoms with E-state index in [0.717, 1.165) is 11.3 Å². The van der Waals surface area contributed by atoms with E-state index < -0.39 is 40.6 Å². The second-order valence-corrected chi connectivity index (χ2v) is 9.93. The summed E-state index contributed by atoms with van der Waals surface area (Å²) < 4.78 is 53.0. The van der Waals surface area contributed by atoms with E-state index >= 15 is 8.78 Å². The molecule has 4 heterocycles. The van der Waals surface area contributed by atoms with E-state index in [2.05, 4.69) is 15.3 Å². The standard InChI is InChI=1S/C26H24F3N5O3S/c1-13-4-5-34-18(9-15-11-33(6-7-37-15)26(36)25-31-14(2)12-38-25)23(32-19(34)8-13)20-17(27)10-16(24(35)30-3)21(28)22(20)29/h4-5,8,10,12,15H,6-7,9,11H2,1-3H3,(H,30,35)/t15-/m0/s1. The fraction of sp³-hybridized carbons (Fsp3) is 0.308. The van der Waals surface area contributed by atoms with Gasteiger partial charge in [-0.25, -0.2) is 23.1 Å². The van der Waals surface area contributed by atoms with Crippen LogP contribution in [0.2, 0.25) is 0 Å². The smallest absolute Gasteiger partial charge is 0.283 e. The van der Waals surface area contributed by atoms with Crippen LogP contribution in [0.25, 0.3) is 16.9 Å². The van der Waals surface area contributed by atoms with Gasteiger partial charge in [-0.05, 0) is 37.6 Å². The van der Waals surface area contributed by atoms with Crippen LogP contribution >= 0.6 is 11.3 Å². The summed E-state index contributed by atoms with van der Waals surface area (Å²) in [6.45, 7) is 4.53. The molecule has 1 aliphatic heterocycles. The molecule has 1 aliphatic rings. The number of carbonyl (C=O) groups is 2. The molecule has 4 aromatic rings. The first-order valence-electron chi connectivity index (χ1n) is 11.9. The number of ether oxygens (including phenoxy) is 1. The van der Waals surface area contributed by atoms with E-state index in [4.69, 9.17) is 4.74 Å². The molecule has 0 saturated carbocycles. The number of hydrogen-bond acceptors (Lipinski definition) is 6. The van der Waals surface area contributed by atoms with Gasteiger partial charge in [-0.15, -0.1) is 11.3 Å². The zero-order chi connectivity index (χ0) is 27.1. The fourth-order valence-corrected chi connectivity index (χ4v) is 5.30. The van der Waals surface area contributed by atoms with Gasteiger partial charge in [0.05, 0.1) is 35.2 Å². The summed E-state index contributed by atoms with van der Waals surface area (Å²) in [4.78, 5) is 35.2. The molecule has 8 nitrogen and oxygen atoms in total. The Morgan fingerprint density at radius 2 is 1.97 bits per heavy atom. The zero-order valence-corrected chi connectivity index (χ0v) is 21.7. The lowest BCUT2D eigenvalue weighted by molar-refractivity contribution is -0.0212. The van der Waals surface area contributed by atoms with Gasteiger partial charge in [-0.1, -0.05) is 0 Å². The molecule has 0 aliphatic carbocycles. The molecule has 38 heavy (non-hydrogen) atoms. The topological polar surface area (TPSA) is 88.8 Å². The van der Waals surface area contributed by atoms with Crippen molar-refractivity contribution in [1.29, 1.82) is 0 Å². The number of imidazole rings is 1. The molecule has 0 bridgehead atoms. The average Bonchev–Trinajstić information content (AvgIpc) is 3.48. The number of pyridine rings is 1. The number of carbonyl (C=O) groups excluding carboxylic acids is 2. The third-order valence-electron chi connectivity index (χ3n) is 6.40. The SMILES string of the molecule is CNC(=O)c1cc(F)c(-c2nc3cc(C)ccn3c2C[C@H]2CN(C(=O)c3nc(C)cs3)CCO2)c(F)c1F. The number of amides is 2. The van der Waals surface area contributed by atoms with Gasteiger partial charge in [0.25, 0.3) is 11.8 Å². The molecule has 1 fully saturated rings. The quantitative estimate of drug-likeness (QED) is 0.386. The molecule has 12 heteroatoms. The molecule has 198 valence electrons. The van der Waals surface area contributed by atoms with Gasteiger partial charge >= 0.3 is 0 Å². The number of hydrogen-bond donors (Lipinski definition) is 1. The highest BCUT2D eigenvalue weighted by Gasteiger charge is 2.31. The van der Waals surface area contributed by atoms with Crippen LogP contribution in [0.3, 0.4) is 0 Å². The van der Waals surface area contributed by atoms with E-state index in [1.54, 1.807) is 26.9 Å². The van der Waals surface area contributed by atoms with Gasteiger partial charge in [-0.3, -0.25) is 9.59 Å². The largest absolute Gasteiger partial charge is 0.374 e. The van der Waals surface area contributed by atoms with E-state index in [1.165, 1.54) is 18.4 Å². The minimum atomic E-state index is -1.51. The average molecular weight is 544 g/mol. The van der Waals surface area contributed by atoms with Crippen LogP contribution in [-0.2, 0) is 11.2 Å². The minimum Gasteiger partial charge on any atom is -0.374 e. The number of thiazole rings is 1. The monoisotopic (exact) mass is 543 g/mol. The first-order valence-corrected chi connectivity index (χ1v) is 12.8. The van der Waals surface area contributed by atoms with Crippen LogP contribution in [0.15, 0.2) is 29.8 Å². The molecule has 1 saturated heterocycles. The molecular weight excluding hydrogens is 519 g/mol. The van der Waals surface area contributed by atoms with Crippen LogP contribution in [-0.4, -0.2) is 63.9 Å². The molecule has 1 aromatic carbocycles. The number of benzene rings is 1. The lowest BCUT2D eigenvalue weighted by Crippen LogP contribution is -2.46. The van der Waals surface area contributed by atoms with Gasteiger partial charge in [0, 0.05) is 43.8 Å². The van der Waals surface area contributed by atoms with Crippen LogP contribution < -0.4 is 5.32 Å². The normalized spacial score (nSPS) is 15.7.